The normalized spacial score (nSPS) is 16.8. The molecule has 16 heavy (non-hydrogen) atoms. The zero-order valence-corrected chi connectivity index (χ0v) is 8.90. The molecule has 1 fully saturated rings. The van der Waals surface area contributed by atoms with Gasteiger partial charge in [0.1, 0.15) is 5.41 Å². The lowest BCUT2D eigenvalue weighted by atomic mass is 9.94. The summed E-state index contributed by atoms with van der Waals surface area (Å²) in [4.78, 5) is 21.4. The number of nitrogens with zero attached hydrogens (tertiary/aromatic N) is 1. The number of aliphatic carboxylic acids is 1. The summed E-state index contributed by atoms with van der Waals surface area (Å²) in [7, 11) is 0. The van der Waals surface area contributed by atoms with E-state index >= 15 is 0 Å². The molecule has 0 unspecified atom stereocenters. The average molecular weight is 242 g/mol. The highest BCUT2D eigenvalue weighted by atomic mass is 35.5. The van der Waals surface area contributed by atoms with Gasteiger partial charge in [-0.25, -0.2) is 0 Å². The summed E-state index contributed by atoms with van der Waals surface area (Å²) in [5.74, 6) is -1.05. The van der Waals surface area contributed by atoms with Crippen molar-refractivity contribution in [3.05, 3.63) is 38.9 Å². The van der Waals surface area contributed by atoms with E-state index in [2.05, 4.69) is 0 Å². The molecule has 0 aliphatic heterocycles. The molecular formula is C10H8ClNO4. The van der Waals surface area contributed by atoms with Gasteiger partial charge in [0.15, 0.2) is 0 Å². The van der Waals surface area contributed by atoms with Crippen LogP contribution in [0.5, 0.6) is 0 Å². The summed E-state index contributed by atoms with van der Waals surface area (Å²) in [6.07, 6.45) is 0.791. The van der Waals surface area contributed by atoms with Crippen molar-refractivity contribution in [2.24, 2.45) is 0 Å². The minimum absolute atomic E-state index is 0.133. The van der Waals surface area contributed by atoms with Crippen molar-refractivity contribution in [1.82, 2.24) is 0 Å². The molecule has 5 nitrogen and oxygen atoms in total. The van der Waals surface area contributed by atoms with Gasteiger partial charge in [0.2, 0.25) is 0 Å². The molecule has 0 saturated heterocycles. The van der Waals surface area contributed by atoms with E-state index in [9.17, 15) is 14.9 Å². The number of hydrogen-bond donors (Lipinski definition) is 1. The van der Waals surface area contributed by atoms with Crippen molar-refractivity contribution in [3.8, 4) is 0 Å². The molecule has 0 aromatic heterocycles. The van der Waals surface area contributed by atoms with Gasteiger partial charge in [-0.15, -0.1) is 0 Å². The second-order valence-electron chi connectivity index (χ2n) is 3.78. The van der Waals surface area contributed by atoms with E-state index < -0.39 is 16.3 Å². The van der Waals surface area contributed by atoms with Crippen molar-refractivity contribution < 1.29 is 14.8 Å². The van der Waals surface area contributed by atoms with Crippen molar-refractivity contribution >= 4 is 23.3 Å². The van der Waals surface area contributed by atoms with Crippen LogP contribution in [0.4, 0.5) is 5.69 Å². The van der Waals surface area contributed by atoms with Crippen LogP contribution in [0.25, 0.3) is 0 Å². The summed E-state index contributed by atoms with van der Waals surface area (Å²) in [5.41, 5.74) is -1.23. The van der Waals surface area contributed by atoms with Gasteiger partial charge >= 0.3 is 5.97 Å². The van der Waals surface area contributed by atoms with Crippen molar-refractivity contribution in [2.75, 3.05) is 0 Å². The number of halogens is 1. The third kappa shape index (κ3) is 1.44. The maximum absolute atomic E-state index is 11.1. The number of carbonyl (C=O) groups is 1. The third-order valence-corrected chi connectivity index (χ3v) is 3.14. The molecule has 0 atom stereocenters. The number of hydrogen-bond acceptors (Lipinski definition) is 3. The number of carboxylic acids is 1. The first-order valence-electron chi connectivity index (χ1n) is 4.66. The van der Waals surface area contributed by atoms with E-state index in [0.29, 0.717) is 12.8 Å². The molecule has 0 spiro atoms. The Kier molecular flexibility index (Phi) is 2.35. The molecule has 0 heterocycles. The zero-order chi connectivity index (χ0) is 11.9. The fraction of sp³-hybridized carbons (Fsp3) is 0.300. The molecule has 1 aromatic rings. The molecule has 0 amide bonds. The highest BCUT2D eigenvalue weighted by molar-refractivity contribution is 6.32. The molecule has 1 N–H and O–H groups in total. The summed E-state index contributed by atoms with van der Waals surface area (Å²) in [6.45, 7) is 0. The fourth-order valence-electron chi connectivity index (χ4n) is 1.83. The van der Waals surface area contributed by atoms with Crippen molar-refractivity contribution in [3.63, 3.8) is 0 Å². The van der Waals surface area contributed by atoms with Crippen LogP contribution in [0, 0.1) is 10.1 Å². The van der Waals surface area contributed by atoms with Crippen LogP contribution in [0.1, 0.15) is 18.4 Å². The Balaban J connectivity index is 2.64. The maximum atomic E-state index is 11.1. The number of nitro benzene ring substituents is 1. The topological polar surface area (TPSA) is 80.4 Å². The number of nitro groups is 1. The predicted molar refractivity (Wildman–Crippen MR) is 56.7 cm³/mol. The van der Waals surface area contributed by atoms with Crippen molar-refractivity contribution in [2.45, 2.75) is 18.3 Å². The molecule has 1 saturated carbocycles. The smallest absolute Gasteiger partial charge is 0.314 e. The van der Waals surface area contributed by atoms with Gasteiger partial charge in [-0.2, -0.15) is 0 Å². The highest BCUT2D eigenvalue weighted by Gasteiger charge is 2.56. The van der Waals surface area contributed by atoms with Crippen LogP contribution in [0.3, 0.4) is 0 Å². The molecule has 0 radical (unpaired) electrons. The summed E-state index contributed by atoms with van der Waals surface area (Å²) in [5, 5.41) is 20.1. The summed E-state index contributed by atoms with van der Waals surface area (Å²) < 4.78 is 0. The largest absolute Gasteiger partial charge is 0.481 e. The first-order chi connectivity index (χ1) is 7.49. The van der Waals surface area contributed by atoms with Crippen LogP contribution in [-0.4, -0.2) is 16.0 Å². The van der Waals surface area contributed by atoms with E-state index in [4.69, 9.17) is 16.7 Å². The molecule has 2 rings (SSSR count). The van der Waals surface area contributed by atoms with E-state index in [1.54, 1.807) is 0 Å². The van der Waals surface area contributed by atoms with Crippen LogP contribution in [0.15, 0.2) is 18.2 Å². The molecule has 0 bridgehead atoms. The monoisotopic (exact) mass is 241 g/mol. The second-order valence-corrected chi connectivity index (χ2v) is 4.19. The zero-order valence-electron chi connectivity index (χ0n) is 8.14. The molecule has 1 aliphatic carbocycles. The second kappa shape index (κ2) is 3.45. The predicted octanol–water partition coefficient (Wildman–Crippen LogP) is 2.36. The lowest BCUT2D eigenvalue weighted by Gasteiger charge is -2.12. The Morgan fingerprint density at radius 3 is 2.56 bits per heavy atom. The lowest BCUT2D eigenvalue weighted by Crippen LogP contribution is -2.21. The molecular weight excluding hydrogens is 234 g/mol. The SMILES string of the molecule is O=C(O)C1(c2c(Cl)cccc2[N+](=O)[O-])CC1. The van der Waals surface area contributed by atoms with Gasteiger partial charge in [0, 0.05) is 6.07 Å². The third-order valence-electron chi connectivity index (χ3n) is 2.83. The Hall–Kier alpha value is -1.62. The minimum Gasteiger partial charge on any atom is -0.481 e. The Bertz CT molecular complexity index is 482. The quantitative estimate of drug-likeness (QED) is 0.651. The Morgan fingerprint density at radius 2 is 2.12 bits per heavy atom. The maximum Gasteiger partial charge on any atom is 0.314 e. The van der Waals surface area contributed by atoms with Gasteiger partial charge in [0.05, 0.1) is 15.5 Å². The van der Waals surface area contributed by atoms with Gasteiger partial charge in [-0.1, -0.05) is 17.7 Å². The minimum atomic E-state index is -1.15. The van der Waals surface area contributed by atoms with E-state index in [0.717, 1.165) is 0 Å². The molecule has 1 aliphatic rings. The summed E-state index contributed by atoms with van der Waals surface area (Å²) in [6, 6.07) is 4.21. The first-order valence-corrected chi connectivity index (χ1v) is 5.03. The summed E-state index contributed by atoms with van der Waals surface area (Å²) >= 11 is 5.87. The van der Waals surface area contributed by atoms with Gasteiger partial charge in [0.25, 0.3) is 5.69 Å². The van der Waals surface area contributed by atoms with E-state index in [1.807, 2.05) is 0 Å². The standard InChI is InChI=1S/C10H8ClNO4/c11-6-2-1-3-7(12(15)16)8(6)10(4-5-10)9(13)14/h1-3H,4-5H2,(H,13,14). The van der Waals surface area contributed by atoms with Gasteiger partial charge in [-0.3, -0.25) is 14.9 Å². The van der Waals surface area contributed by atoms with Crippen LogP contribution in [0.2, 0.25) is 5.02 Å². The molecule has 1 aromatic carbocycles. The van der Waals surface area contributed by atoms with E-state index in [-0.39, 0.29) is 16.3 Å². The average Bonchev–Trinajstić information content (AvgIpc) is 2.98. The van der Waals surface area contributed by atoms with Crippen LogP contribution in [-0.2, 0) is 10.2 Å². The van der Waals surface area contributed by atoms with Crippen LogP contribution >= 0.6 is 11.6 Å². The van der Waals surface area contributed by atoms with E-state index in [1.165, 1.54) is 18.2 Å². The molecule has 84 valence electrons. The fourth-order valence-corrected chi connectivity index (χ4v) is 2.18. The van der Waals surface area contributed by atoms with Gasteiger partial charge < -0.3 is 5.11 Å². The lowest BCUT2D eigenvalue weighted by molar-refractivity contribution is -0.385. The highest BCUT2D eigenvalue weighted by Crippen LogP contribution is 2.53. The number of benzene rings is 1. The first kappa shape index (κ1) is 10.9. The van der Waals surface area contributed by atoms with Crippen LogP contribution < -0.4 is 0 Å². The van der Waals surface area contributed by atoms with Crippen molar-refractivity contribution in [1.29, 1.82) is 0 Å². The Labute approximate surface area is 95.8 Å². The number of carboxylic acid groups (broad SMARTS) is 1. The Morgan fingerprint density at radius 1 is 1.50 bits per heavy atom. The van der Waals surface area contributed by atoms with Gasteiger partial charge in [-0.05, 0) is 18.9 Å². The number of rotatable bonds is 3. The molecule has 6 heteroatoms.